The van der Waals surface area contributed by atoms with Gasteiger partial charge < -0.3 is 5.32 Å². The summed E-state index contributed by atoms with van der Waals surface area (Å²) in [6, 6.07) is 4.16. The van der Waals surface area contributed by atoms with Gasteiger partial charge in [-0.2, -0.15) is 0 Å². The molecule has 0 radical (unpaired) electrons. The summed E-state index contributed by atoms with van der Waals surface area (Å²) >= 11 is 1.74. The van der Waals surface area contributed by atoms with E-state index in [1.165, 1.54) is 4.88 Å². The molecule has 0 fully saturated rings. The Morgan fingerprint density at radius 2 is 2.29 bits per heavy atom. The first-order valence-electron chi connectivity index (χ1n) is 4.87. The lowest BCUT2D eigenvalue weighted by atomic mass is 9.91. The third-order valence-corrected chi connectivity index (χ3v) is 3.47. The van der Waals surface area contributed by atoms with Crippen LogP contribution in [0.1, 0.15) is 32.1 Å². The molecule has 0 spiro atoms. The second-order valence-corrected chi connectivity index (χ2v) is 4.94. The predicted molar refractivity (Wildman–Crippen MR) is 60.6 cm³/mol. The van der Waals surface area contributed by atoms with Gasteiger partial charge in [0.15, 0.2) is 0 Å². The van der Waals surface area contributed by atoms with E-state index >= 15 is 0 Å². The Kier molecular flexibility index (Phi) is 3.69. The van der Waals surface area contributed by atoms with E-state index in [1.54, 1.807) is 11.3 Å². The zero-order valence-corrected chi connectivity index (χ0v) is 9.78. The van der Waals surface area contributed by atoms with Crippen molar-refractivity contribution >= 4 is 17.2 Å². The van der Waals surface area contributed by atoms with Crippen molar-refractivity contribution in [3.8, 4) is 0 Å². The van der Waals surface area contributed by atoms with Crippen molar-refractivity contribution in [2.75, 3.05) is 6.54 Å². The number of rotatable bonds is 4. The molecule has 78 valence electrons. The first kappa shape index (κ1) is 11.2. The Bertz CT molecular complexity index is 290. The van der Waals surface area contributed by atoms with Gasteiger partial charge in [-0.1, -0.05) is 26.8 Å². The highest BCUT2D eigenvalue weighted by Crippen LogP contribution is 2.26. The van der Waals surface area contributed by atoms with Gasteiger partial charge in [0.25, 0.3) is 0 Å². The fourth-order valence-corrected chi connectivity index (χ4v) is 2.05. The maximum atomic E-state index is 11.1. The van der Waals surface area contributed by atoms with Gasteiger partial charge >= 0.3 is 0 Å². The summed E-state index contributed by atoms with van der Waals surface area (Å²) in [6.07, 6.45) is 0.556. The van der Waals surface area contributed by atoms with Gasteiger partial charge in [0.05, 0.1) is 0 Å². The predicted octanol–water partition coefficient (Wildman–Crippen LogP) is 2.55. The normalized spacial score (nSPS) is 11.4. The van der Waals surface area contributed by atoms with Crippen LogP contribution in [0, 0.1) is 0 Å². The number of hydrogen-bond acceptors (Lipinski definition) is 2. The van der Waals surface area contributed by atoms with Crippen LogP contribution in [0.25, 0.3) is 0 Å². The lowest BCUT2D eigenvalue weighted by Gasteiger charge is -2.23. The van der Waals surface area contributed by atoms with E-state index in [0.29, 0.717) is 13.0 Å². The molecule has 1 heterocycles. The highest BCUT2D eigenvalue weighted by atomic mass is 32.1. The van der Waals surface area contributed by atoms with E-state index in [4.69, 9.17) is 0 Å². The van der Waals surface area contributed by atoms with Crippen LogP contribution in [0.4, 0.5) is 0 Å². The van der Waals surface area contributed by atoms with Crippen LogP contribution in [-0.4, -0.2) is 12.5 Å². The van der Waals surface area contributed by atoms with Crippen molar-refractivity contribution in [1.82, 2.24) is 5.32 Å². The molecule has 14 heavy (non-hydrogen) atoms. The van der Waals surface area contributed by atoms with Crippen LogP contribution in [-0.2, 0) is 10.2 Å². The molecule has 0 saturated carbocycles. The fourth-order valence-electron chi connectivity index (χ4n) is 1.20. The molecular weight excluding hydrogens is 194 g/mol. The maximum Gasteiger partial charge on any atom is 0.219 e. The zero-order chi connectivity index (χ0) is 10.6. The molecule has 0 aliphatic carbocycles. The number of carbonyl (C=O) groups is 1. The number of carbonyl (C=O) groups excluding carboxylic acids is 1. The number of hydrogen-bond donors (Lipinski definition) is 1. The molecule has 2 nitrogen and oxygen atoms in total. The van der Waals surface area contributed by atoms with Gasteiger partial charge in [-0.05, 0) is 11.4 Å². The Hall–Kier alpha value is -0.830. The Morgan fingerprint density at radius 1 is 1.57 bits per heavy atom. The zero-order valence-electron chi connectivity index (χ0n) is 8.96. The summed E-state index contributed by atoms with van der Waals surface area (Å²) < 4.78 is 0. The lowest BCUT2D eigenvalue weighted by Crippen LogP contribution is -2.35. The summed E-state index contributed by atoms with van der Waals surface area (Å²) in [7, 11) is 0. The van der Waals surface area contributed by atoms with E-state index in [9.17, 15) is 4.79 Å². The third-order valence-electron chi connectivity index (χ3n) is 2.24. The second kappa shape index (κ2) is 4.60. The van der Waals surface area contributed by atoms with E-state index in [-0.39, 0.29) is 11.3 Å². The van der Waals surface area contributed by atoms with Crippen molar-refractivity contribution < 1.29 is 4.79 Å². The summed E-state index contributed by atoms with van der Waals surface area (Å²) in [6.45, 7) is 6.87. The molecule has 3 heteroatoms. The maximum absolute atomic E-state index is 11.1. The summed E-state index contributed by atoms with van der Waals surface area (Å²) in [4.78, 5) is 12.4. The first-order chi connectivity index (χ1) is 6.56. The molecule has 1 aromatic heterocycles. The van der Waals surface area contributed by atoms with Crippen molar-refractivity contribution in [2.45, 2.75) is 32.6 Å². The monoisotopic (exact) mass is 211 g/mol. The van der Waals surface area contributed by atoms with Gasteiger partial charge in [-0.15, -0.1) is 11.3 Å². The highest BCUT2D eigenvalue weighted by Gasteiger charge is 2.21. The smallest absolute Gasteiger partial charge is 0.219 e. The van der Waals surface area contributed by atoms with E-state index in [0.717, 1.165) is 0 Å². The lowest BCUT2D eigenvalue weighted by molar-refractivity contribution is -0.121. The van der Waals surface area contributed by atoms with Gasteiger partial charge in [0.2, 0.25) is 5.91 Å². The molecule has 0 aromatic carbocycles. The summed E-state index contributed by atoms with van der Waals surface area (Å²) in [5.41, 5.74) is 0.0407. The van der Waals surface area contributed by atoms with E-state index in [1.807, 2.05) is 13.0 Å². The molecule has 0 unspecified atom stereocenters. The molecule has 0 aliphatic rings. The summed E-state index contributed by atoms with van der Waals surface area (Å²) in [5, 5.41) is 5.00. The molecule has 1 amide bonds. The van der Waals surface area contributed by atoms with Gasteiger partial charge in [-0.25, -0.2) is 0 Å². The molecule has 1 aromatic rings. The van der Waals surface area contributed by atoms with Gasteiger partial charge in [0, 0.05) is 23.3 Å². The number of nitrogens with one attached hydrogen (secondary N) is 1. The van der Waals surface area contributed by atoms with E-state index < -0.39 is 0 Å². The van der Waals surface area contributed by atoms with Crippen LogP contribution in [0.2, 0.25) is 0 Å². The van der Waals surface area contributed by atoms with Crippen LogP contribution < -0.4 is 5.32 Å². The molecule has 0 atom stereocenters. The third kappa shape index (κ3) is 2.84. The van der Waals surface area contributed by atoms with Crippen molar-refractivity contribution in [2.24, 2.45) is 0 Å². The minimum Gasteiger partial charge on any atom is -0.355 e. The number of amides is 1. The average Bonchev–Trinajstić information content (AvgIpc) is 2.67. The Balaban J connectivity index is 2.54. The average molecular weight is 211 g/mol. The fraction of sp³-hybridized carbons (Fsp3) is 0.545. The Labute approximate surface area is 89.3 Å². The largest absolute Gasteiger partial charge is 0.355 e. The molecule has 1 N–H and O–H groups in total. The summed E-state index contributed by atoms with van der Waals surface area (Å²) in [5.74, 6) is 0.120. The molecule has 0 bridgehead atoms. The molecule has 1 rings (SSSR count). The van der Waals surface area contributed by atoms with Gasteiger partial charge in [-0.3, -0.25) is 4.79 Å². The van der Waals surface area contributed by atoms with Crippen molar-refractivity contribution in [3.05, 3.63) is 22.4 Å². The SMILES string of the molecule is CCC(=O)NCC(C)(C)c1cccs1. The standard InChI is InChI=1S/C11H17NOS/c1-4-10(13)12-8-11(2,3)9-6-5-7-14-9/h5-7H,4,8H2,1-3H3,(H,12,13). The molecule has 0 aliphatic heterocycles. The van der Waals surface area contributed by atoms with Crippen molar-refractivity contribution in [3.63, 3.8) is 0 Å². The molecular formula is C11H17NOS. The minimum absolute atomic E-state index is 0.0407. The number of thiophene rings is 1. The minimum atomic E-state index is 0.0407. The first-order valence-corrected chi connectivity index (χ1v) is 5.75. The molecule has 0 saturated heterocycles. The van der Waals surface area contributed by atoms with Crippen LogP contribution in [0.3, 0.4) is 0 Å². The van der Waals surface area contributed by atoms with Crippen LogP contribution in [0.15, 0.2) is 17.5 Å². The van der Waals surface area contributed by atoms with Crippen LogP contribution in [0.5, 0.6) is 0 Å². The van der Waals surface area contributed by atoms with Crippen LogP contribution >= 0.6 is 11.3 Å². The van der Waals surface area contributed by atoms with Crippen molar-refractivity contribution in [1.29, 1.82) is 0 Å². The highest BCUT2D eigenvalue weighted by molar-refractivity contribution is 7.10. The topological polar surface area (TPSA) is 29.1 Å². The quantitative estimate of drug-likeness (QED) is 0.814. The van der Waals surface area contributed by atoms with Gasteiger partial charge in [0.1, 0.15) is 0 Å². The second-order valence-electron chi connectivity index (χ2n) is 3.99. The van der Waals surface area contributed by atoms with E-state index in [2.05, 4.69) is 30.6 Å². The Morgan fingerprint density at radius 3 is 2.79 bits per heavy atom.